The fraction of sp³-hybridized carbons (Fsp3) is 0.556. The van der Waals surface area contributed by atoms with Crippen molar-refractivity contribution in [3.63, 3.8) is 0 Å². The van der Waals surface area contributed by atoms with Crippen LogP contribution >= 0.6 is 0 Å². The second-order valence-corrected chi connectivity index (χ2v) is 2.62. The lowest BCUT2D eigenvalue weighted by Crippen LogP contribution is -2.11. The molecule has 0 bridgehead atoms. The first-order chi connectivity index (χ1) is 4.68. The van der Waals surface area contributed by atoms with E-state index < -0.39 is 0 Å². The van der Waals surface area contributed by atoms with E-state index in [1.807, 2.05) is 26.0 Å². The summed E-state index contributed by atoms with van der Waals surface area (Å²) in [5.41, 5.74) is 0. The molecule has 1 N–H and O–H groups in total. The molecule has 0 fully saturated rings. The zero-order valence-corrected chi connectivity index (χ0v) is 6.75. The molecule has 0 saturated heterocycles. The van der Waals surface area contributed by atoms with E-state index in [1.165, 1.54) is 0 Å². The van der Waals surface area contributed by atoms with Crippen LogP contribution in [0.15, 0.2) is 24.8 Å². The first kappa shape index (κ1) is 9.44. The van der Waals surface area contributed by atoms with Crippen LogP contribution in [0.25, 0.3) is 0 Å². The second-order valence-electron chi connectivity index (χ2n) is 2.62. The minimum Gasteiger partial charge on any atom is -0.393 e. The highest BCUT2D eigenvalue weighted by atomic mass is 16.3. The Morgan fingerprint density at radius 3 is 2.50 bits per heavy atom. The highest BCUT2D eigenvalue weighted by Gasteiger charge is 2.04. The molecule has 2 atom stereocenters. The number of hydrogen-bond donors (Lipinski definition) is 1. The summed E-state index contributed by atoms with van der Waals surface area (Å²) in [6, 6.07) is 0. The van der Waals surface area contributed by atoms with Gasteiger partial charge in [-0.05, 0) is 19.3 Å². The lowest BCUT2D eigenvalue weighted by molar-refractivity contribution is 0.136. The minimum atomic E-state index is -0.213. The van der Waals surface area contributed by atoms with E-state index in [9.17, 15) is 0 Å². The summed E-state index contributed by atoms with van der Waals surface area (Å²) in [6.07, 6.45) is 6.37. The Balaban J connectivity index is 3.48. The van der Waals surface area contributed by atoms with Crippen LogP contribution in [0.2, 0.25) is 0 Å². The summed E-state index contributed by atoms with van der Waals surface area (Å²) in [4.78, 5) is 0. The maximum absolute atomic E-state index is 9.06. The Morgan fingerprint density at radius 1 is 1.50 bits per heavy atom. The average Bonchev–Trinajstić information content (AvgIpc) is 1.88. The van der Waals surface area contributed by atoms with Crippen molar-refractivity contribution in [3.05, 3.63) is 24.8 Å². The van der Waals surface area contributed by atoms with Gasteiger partial charge in [0.2, 0.25) is 0 Å². The van der Waals surface area contributed by atoms with Crippen molar-refractivity contribution >= 4 is 0 Å². The van der Waals surface area contributed by atoms with E-state index in [4.69, 9.17) is 5.11 Å². The van der Waals surface area contributed by atoms with Gasteiger partial charge in [-0.15, -0.1) is 0 Å². The third kappa shape index (κ3) is 4.33. The lowest BCUT2D eigenvalue weighted by Gasteiger charge is -2.10. The summed E-state index contributed by atoms with van der Waals surface area (Å²) >= 11 is 0. The van der Waals surface area contributed by atoms with E-state index >= 15 is 0 Å². The van der Waals surface area contributed by atoms with E-state index in [2.05, 4.69) is 6.58 Å². The fourth-order valence-electron chi connectivity index (χ4n) is 0.586. The molecular formula is C9H16O. The third-order valence-electron chi connectivity index (χ3n) is 1.60. The molecule has 0 radical (unpaired) electrons. The zero-order chi connectivity index (χ0) is 7.98. The second kappa shape index (κ2) is 5.24. The molecule has 0 aliphatic heterocycles. The van der Waals surface area contributed by atoms with Crippen LogP contribution < -0.4 is 0 Å². The van der Waals surface area contributed by atoms with Gasteiger partial charge in [0.05, 0.1) is 6.10 Å². The molecular weight excluding hydrogens is 124 g/mol. The standard InChI is InChI=1S/C9H16O/c1-4-5-6-7-8(2)9(3)10/h4-6,8-10H,1,7H2,2-3H3/b6-5+. The van der Waals surface area contributed by atoms with Crippen LogP contribution in [0.5, 0.6) is 0 Å². The van der Waals surface area contributed by atoms with Gasteiger partial charge in [0.15, 0.2) is 0 Å². The highest BCUT2D eigenvalue weighted by molar-refractivity contribution is 4.97. The van der Waals surface area contributed by atoms with Gasteiger partial charge >= 0.3 is 0 Å². The van der Waals surface area contributed by atoms with Gasteiger partial charge in [0.25, 0.3) is 0 Å². The Hall–Kier alpha value is -0.560. The first-order valence-corrected chi connectivity index (χ1v) is 3.64. The SMILES string of the molecule is C=C/C=C/CC(C)C(C)O. The number of hydrogen-bond acceptors (Lipinski definition) is 1. The van der Waals surface area contributed by atoms with Crippen LogP contribution in [-0.2, 0) is 0 Å². The van der Waals surface area contributed by atoms with E-state index in [0.29, 0.717) is 5.92 Å². The van der Waals surface area contributed by atoms with Crippen molar-refractivity contribution in [3.8, 4) is 0 Å². The quantitative estimate of drug-likeness (QED) is 0.593. The smallest absolute Gasteiger partial charge is 0.0540 e. The van der Waals surface area contributed by atoms with Crippen molar-refractivity contribution in [2.75, 3.05) is 0 Å². The summed E-state index contributed by atoms with van der Waals surface area (Å²) < 4.78 is 0. The Morgan fingerprint density at radius 2 is 2.10 bits per heavy atom. The number of aliphatic hydroxyl groups is 1. The average molecular weight is 140 g/mol. The fourth-order valence-corrected chi connectivity index (χ4v) is 0.586. The highest BCUT2D eigenvalue weighted by Crippen LogP contribution is 2.07. The van der Waals surface area contributed by atoms with Crippen LogP contribution in [0, 0.1) is 5.92 Å². The molecule has 0 rings (SSSR count). The van der Waals surface area contributed by atoms with Crippen molar-refractivity contribution in [1.29, 1.82) is 0 Å². The van der Waals surface area contributed by atoms with Crippen LogP contribution in [0.4, 0.5) is 0 Å². The van der Waals surface area contributed by atoms with Crippen molar-refractivity contribution in [2.24, 2.45) is 5.92 Å². The molecule has 0 saturated carbocycles. The summed E-state index contributed by atoms with van der Waals surface area (Å²) in [7, 11) is 0. The van der Waals surface area contributed by atoms with Crippen LogP contribution in [0.1, 0.15) is 20.3 Å². The van der Waals surface area contributed by atoms with Gasteiger partial charge in [-0.3, -0.25) is 0 Å². The monoisotopic (exact) mass is 140 g/mol. The van der Waals surface area contributed by atoms with Gasteiger partial charge < -0.3 is 5.11 Å². The normalized spacial score (nSPS) is 17.1. The first-order valence-electron chi connectivity index (χ1n) is 3.64. The summed E-state index contributed by atoms with van der Waals surface area (Å²) in [5.74, 6) is 0.344. The molecule has 58 valence electrons. The predicted molar refractivity (Wildman–Crippen MR) is 44.8 cm³/mol. The van der Waals surface area contributed by atoms with E-state index in [1.54, 1.807) is 6.08 Å². The third-order valence-corrected chi connectivity index (χ3v) is 1.60. The van der Waals surface area contributed by atoms with E-state index in [-0.39, 0.29) is 6.10 Å². The molecule has 0 heterocycles. The van der Waals surface area contributed by atoms with Gasteiger partial charge in [-0.25, -0.2) is 0 Å². The van der Waals surface area contributed by atoms with Crippen molar-refractivity contribution < 1.29 is 5.11 Å². The van der Waals surface area contributed by atoms with Gasteiger partial charge in [0.1, 0.15) is 0 Å². The van der Waals surface area contributed by atoms with Gasteiger partial charge in [-0.1, -0.05) is 31.7 Å². The maximum atomic E-state index is 9.06. The van der Waals surface area contributed by atoms with Crippen molar-refractivity contribution in [2.45, 2.75) is 26.4 Å². The Bertz CT molecular complexity index is 114. The molecule has 0 aliphatic carbocycles. The molecule has 0 aromatic heterocycles. The molecule has 0 aromatic carbocycles. The number of rotatable bonds is 4. The predicted octanol–water partition coefficient (Wildman–Crippen LogP) is 2.14. The summed E-state index contributed by atoms with van der Waals surface area (Å²) in [5, 5.41) is 9.06. The number of aliphatic hydroxyl groups excluding tert-OH is 1. The van der Waals surface area contributed by atoms with Crippen LogP contribution in [0.3, 0.4) is 0 Å². The Kier molecular flexibility index (Phi) is 4.95. The van der Waals surface area contributed by atoms with Gasteiger partial charge in [0, 0.05) is 0 Å². The minimum absolute atomic E-state index is 0.213. The molecule has 1 heteroatoms. The zero-order valence-electron chi connectivity index (χ0n) is 6.75. The molecule has 0 amide bonds. The molecule has 0 spiro atoms. The van der Waals surface area contributed by atoms with Crippen LogP contribution in [-0.4, -0.2) is 11.2 Å². The van der Waals surface area contributed by atoms with Gasteiger partial charge in [-0.2, -0.15) is 0 Å². The lowest BCUT2D eigenvalue weighted by atomic mass is 10.0. The molecule has 1 nitrogen and oxygen atoms in total. The molecule has 2 unspecified atom stereocenters. The number of allylic oxidation sites excluding steroid dienone is 3. The van der Waals surface area contributed by atoms with Crippen molar-refractivity contribution in [1.82, 2.24) is 0 Å². The molecule has 0 aromatic rings. The van der Waals surface area contributed by atoms with E-state index in [0.717, 1.165) is 6.42 Å². The Labute approximate surface area is 63.1 Å². The molecule has 10 heavy (non-hydrogen) atoms. The summed E-state index contributed by atoms with van der Waals surface area (Å²) in [6.45, 7) is 7.39. The molecule has 0 aliphatic rings. The maximum Gasteiger partial charge on any atom is 0.0540 e. The largest absolute Gasteiger partial charge is 0.393 e. The topological polar surface area (TPSA) is 20.2 Å².